The lowest BCUT2D eigenvalue weighted by molar-refractivity contribution is 0.133. The van der Waals surface area contributed by atoms with Gasteiger partial charge in [-0.2, -0.15) is 0 Å². The Morgan fingerprint density at radius 1 is 1.15 bits per heavy atom. The highest BCUT2D eigenvalue weighted by Crippen LogP contribution is 2.14. The smallest absolute Gasteiger partial charge is 0.191 e. The molecule has 0 spiro atoms. The first-order valence-electron chi connectivity index (χ1n) is 9.88. The Balaban J connectivity index is 0.00000676. The average Bonchev–Trinajstić information content (AvgIpc) is 2.62. The van der Waals surface area contributed by atoms with Gasteiger partial charge in [0.1, 0.15) is 0 Å². The normalized spacial score (nSPS) is 12.6. The highest BCUT2D eigenvalue weighted by molar-refractivity contribution is 14.0. The lowest BCUT2D eigenvalue weighted by atomic mass is 9.94. The van der Waals surface area contributed by atoms with Crippen molar-refractivity contribution in [1.29, 1.82) is 0 Å². The van der Waals surface area contributed by atoms with E-state index in [1.807, 2.05) is 19.1 Å². The van der Waals surface area contributed by atoms with Gasteiger partial charge in [0.05, 0.1) is 13.2 Å². The van der Waals surface area contributed by atoms with Crippen LogP contribution in [-0.2, 0) is 17.9 Å². The van der Waals surface area contributed by atoms with Crippen LogP contribution in [0.1, 0.15) is 51.7 Å². The van der Waals surface area contributed by atoms with Gasteiger partial charge < -0.3 is 20.5 Å². The Labute approximate surface area is 182 Å². The molecular weight excluding hydrogens is 453 g/mol. The first-order chi connectivity index (χ1) is 12.6. The molecule has 0 heterocycles. The van der Waals surface area contributed by atoms with E-state index in [0.29, 0.717) is 31.6 Å². The van der Waals surface area contributed by atoms with E-state index in [4.69, 9.17) is 9.73 Å². The molecule has 1 rings (SSSR count). The van der Waals surface area contributed by atoms with E-state index in [1.165, 1.54) is 11.1 Å². The first kappa shape index (κ1) is 26.1. The Hall–Kier alpha value is -0.860. The van der Waals surface area contributed by atoms with Gasteiger partial charge in [0.25, 0.3) is 0 Å². The van der Waals surface area contributed by atoms with Gasteiger partial charge in [-0.15, -0.1) is 24.0 Å². The molecule has 0 aliphatic rings. The number of ether oxygens (including phenoxy) is 1. The number of nitrogens with zero attached hydrogens (tertiary/aromatic N) is 1. The second-order valence-electron chi connectivity index (χ2n) is 6.99. The van der Waals surface area contributed by atoms with E-state index in [1.54, 1.807) is 0 Å². The lowest BCUT2D eigenvalue weighted by Gasteiger charge is -2.20. The molecule has 0 amide bonds. The van der Waals surface area contributed by atoms with Crippen molar-refractivity contribution in [3.63, 3.8) is 0 Å². The standard InChI is InChI=1S/C21H37N3O2.HI/c1-5-22-21(23-14-18(11-12-25)13-17(3)4)24-15-19-9-7-8-10-20(19)16-26-6-2;/h7-10,17-18,25H,5-6,11-16H2,1-4H3,(H2,22,23,24);1H. The maximum absolute atomic E-state index is 9.29. The molecule has 0 aliphatic heterocycles. The number of benzene rings is 1. The SMILES string of the molecule is CCNC(=NCc1ccccc1COCC)NCC(CCO)CC(C)C.I. The summed E-state index contributed by atoms with van der Waals surface area (Å²) in [6, 6.07) is 8.28. The van der Waals surface area contributed by atoms with E-state index in [2.05, 4.69) is 43.5 Å². The molecule has 1 atom stereocenters. The van der Waals surface area contributed by atoms with Gasteiger partial charge in [-0.05, 0) is 49.7 Å². The summed E-state index contributed by atoms with van der Waals surface area (Å²) in [4.78, 5) is 4.74. The van der Waals surface area contributed by atoms with Gasteiger partial charge in [0.15, 0.2) is 5.96 Å². The Bertz CT molecular complexity index is 524. The summed E-state index contributed by atoms with van der Waals surface area (Å²) in [5.74, 6) is 1.90. The number of hydrogen-bond donors (Lipinski definition) is 3. The van der Waals surface area contributed by atoms with Crippen LogP contribution in [0.5, 0.6) is 0 Å². The van der Waals surface area contributed by atoms with E-state index in [-0.39, 0.29) is 30.6 Å². The molecule has 1 aromatic carbocycles. The predicted molar refractivity (Wildman–Crippen MR) is 125 cm³/mol. The van der Waals surface area contributed by atoms with Crippen LogP contribution < -0.4 is 10.6 Å². The van der Waals surface area contributed by atoms with Crippen LogP contribution in [0, 0.1) is 11.8 Å². The van der Waals surface area contributed by atoms with Gasteiger partial charge in [-0.3, -0.25) is 0 Å². The Kier molecular flexibility index (Phi) is 15.6. The first-order valence-corrected chi connectivity index (χ1v) is 9.88. The minimum Gasteiger partial charge on any atom is -0.396 e. The third-order valence-electron chi connectivity index (χ3n) is 4.23. The molecule has 0 fully saturated rings. The van der Waals surface area contributed by atoms with Crippen molar-refractivity contribution < 1.29 is 9.84 Å². The third-order valence-corrected chi connectivity index (χ3v) is 4.23. The molecule has 3 N–H and O–H groups in total. The van der Waals surface area contributed by atoms with Crippen LogP contribution in [0.15, 0.2) is 29.3 Å². The summed E-state index contributed by atoms with van der Waals surface area (Å²) < 4.78 is 5.55. The maximum Gasteiger partial charge on any atom is 0.191 e. The number of aliphatic hydroxyl groups excluding tert-OH is 1. The fourth-order valence-corrected chi connectivity index (χ4v) is 2.96. The van der Waals surface area contributed by atoms with Gasteiger partial charge in [0.2, 0.25) is 0 Å². The molecule has 0 aliphatic carbocycles. The van der Waals surface area contributed by atoms with Crippen LogP contribution >= 0.6 is 24.0 Å². The monoisotopic (exact) mass is 491 g/mol. The summed E-state index contributed by atoms with van der Waals surface area (Å²) in [7, 11) is 0. The number of aliphatic imine (C=N–C) groups is 1. The second-order valence-corrected chi connectivity index (χ2v) is 6.99. The number of aliphatic hydroxyl groups is 1. The number of nitrogens with one attached hydrogen (secondary N) is 2. The van der Waals surface area contributed by atoms with Crippen molar-refractivity contribution in [2.45, 2.75) is 53.7 Å². The Morgan fingerprint density at radius 2 is 1.85 bits per heavy atom. The average molecular weight is 491 g/mol. The number of hydrogen-bond acceptors (Lipinski definition) is 3. The van der Waals surface area contributed by atoms with Crippen LogP contribution in [0.4, 0.5) is 0 Å². The Morgan fingerprint density at radius 3 is 2.44 bits per heavy atom. The molecule has 6 heteroatoms. The zero-order chi connectivity index (χ0) is 19.2. The highest BCUT2D eigenvalue weighted by Gasteiger charge is 2.11. The van der Waals surface area contributed by atoms with Crippen LogP contribution in [0.3, 0.4) is 0 Å². The molecule has 0 aromatic heterocycles. The number of guanidine groups is 1. The zero-order valence-electron chi connectivity index (χ0n) is 17.3. The van der Waals surface area contributed by atoms with Crippen molar-refractivity contribution in [3.05, 3.63) is 35.4 Å². The summed E-state index contributed by atoms with van der Waals surface area (Å²) >= 11 is 0. The van der Waals surface area contributed by atoms with E-state index >= 15 is 0 Å². The quantitative estimate of drug-likeness (QED) is 0.236. The maximum atomic E-state index is 9.29. The molecule has 0 saturated heterocycles. The van der Waals surface area contributed by atoms with Crippen molar-refractivity contribution in [1.82, 2.24) is 10.6 Å². The largest absolute Gasteiger partial charge is 0.396 e. The minimum absolute atomic E-state index is 0. The third kappa shape index (κ3) is 11.5. The van der Waals surface area contributed by atoms with Gasteiger partial charge in [-0.25, -0.2) is 4.99 Å². The zero-order valence-corrected chi connectivity index (χ0v) is 19.7. The molecule has 0 radical (unpaired) electrons. The van der Waals surface area contributed by atoms with E-state index in [9.17, 15) is 5.11 Å². The summed E-state index contributed by atoms with van der Waals surface area (Å²) in [5.41, 5.74) is 2.37. The number of halogens is 1. The van der Waals surface area contributed by atoms with Crippen LogP contribution in [-0.4, -0.2) is 37.4 Å². The van der Waals surface area contributed by atoms with E-state index < -0.39 is 0 Å². The van der Waals surface area contributed by atoms with Crippen molar-refractivity contribution in [2.24, 2.45) is 16.8 Å². The topological polar surface area (TPSA) is 65.9 Å². The van der Waals surface area contributed by atoms with Gasteiger partial charge in [0, 0.05) is 26.3 Å². The summed E-state index contributed by atoms with van der Waals surface area (Å²) in [5, 5.41) is 16.0. The molecule has 0 bridgehead atoms. The fourth-order valence-electron chi connectivity index (χ4n) is 2.96. The summed E-state index contributed by atoms with van der Waals surface area (Å²) in [6.45, 7) is 12.4. The van der Waals surface area contributed by atoms with E-state index in [0.717, 1.165) is 31.9 Å². The van der Waals surface area contributed by atoms with Crippen molar-refractivity contribution >= 4 is 29.9 Å². The molecule has 1 aromatic rings. The molecule has 27 heavy (non-hydrogen) atoms. The fraction of sp³-hybridized carbons (Fsp3) is 0.667. The summed E-state index contributed by atoms with van der Waals surface area (Å²) in [6.07, 6.45) is 1.92. The molecule has 5 nitrogen and oxygen atoms in total. The molecule has 156 valence electrons. The van der Waals surface area contributed by atoms with Crippen LogP contribution in [0.2, 0.25) is 0 Å². The molecular formula is C21H38IN3O2. The van der Waals surface area contributed by atoms with Crippen molar-refractivity contribution in [3.8, 4) is 0 Å². The minimum atomic E-state index is 0. The highest BCUT2D eigenvalue weighted by atomic mass is 127. The molecule has 1 unspecified atom stereocenters. The van der Waals surface area contributed by atoms with Crippen molar-refractivity contribution in [2.75, 3.05) is 26.3 Å². The van der Waals surface area contributed by atoms with Gasteiger partial charge in [-0.1, -0.05) is 38.1 Å². The lowest BCUT2D eigenvalue weighted by Crippen LogP contribution is -2.40. The predicted octanol–water partition coefficient (Wildman–Crippen LogP) is 3.94. The van der Waals surface area contributed by atoms with Crippen LogP contribution in [0.25, 0.3) is 0 Å². The molecule has 0 saturated carbocycles. The second kappa shape index (κ2) is 16.1. The van der Waals surface area contributed by atoms with Gasteiger partial charge >= 0.3 is 0 Å². The number of rotatable bonds is 12.